The van der Waals surface area contributed by atoms with E-state index in [1.807, 2.05) is 24.7 Å². The van der Waals surface area contributed by atoms with E-state index in [0.29, 0.717) is 13.1 Å². The van der Waals surface area contributed by atoms with E-state index in [0.717, 1.165) is 47.5 Å². The zero-order chi connectivity index (χ0) is 18.0. The highest BCUT2D eigenvalue weighted by molar-refractivity contribution is 5.74. The lowest BCUT2D eigenvalue weighted by atomic mass is 9.93. The number of hydrogen-bond acceptors (Lipinski definition) is 5. The predicted octanol–water partition coefficient (Wildman–Crippen LogP) is 1.70. The van der Waals surface area contributed by atoms with E-state index in [9.17, 15) is 4.79 Å². The molecule has 2 aromatic heterocycles. The molecule has 0 radical (unpaired) electrons. The number of hydrogen-bond donors (Lipinski definition) is 2. The first kappa shape index (κ1) is 17.5. The molecule has 0 saturated heterocycles. The second-order valence-corrected chi connectivity index (χ2v) is 6.55. The number of nitrogens with one attached hydrogen (secondary N) is 1. The Morgan fingerprint density at radius 1 is 1.52 bits per heavy atom. The van der Waals surface area contributed by atoms with E-state index in [2.05, 4.69) is 15.6 Å². The van der Waals surface area contributed by atoms with Gasteiger partial charge in [0.15, 0.2) is 0 Å². The van der Waals surface area contributed by atoms with Crippen LogP contribution >= 0.6 is 0 Å². The lowest BCUT2D eigenvalue weighted by Gasteiger charge is -2.27. The summed E-state index contributed by atoms with van der Waals surface area (Å²) in [5.74, 6) is 0.738. The molecule has 0 saturated carbocycles. The minimum Gasteiger partial charge on any atom is -0.394 e. The summed E-state index contributed by atoms with van der Waals surface area (Å²) in [5, 5.41) is 20.5. The highest BCUT2D eigenvalue weighted by Crippen LogP contribution is 2.29. The number of amides is 2. The molecule has 3 rings (SSSR count). The topological polar surface area (TPSA) is 96.4 Å². The summed E-state index contributed by atoms with van der Waals surface area (Å²) in [4.78, 5) is 14.2. The van der Waals surface area contributed by atoms with Gasteiger partial charge in [-0.2, -0.15) is 5.10 Å². The maximum absolute atomic E-state index is 12.6. The second kappa shape index (κ2) is 7.26. The zero-order valence-corrected chi connectivity index (χ0v) is 14.9. The summed E-state index contributed by atoms with van der Waals surface area (Å²) in [6, 6.07) is -0.177. The van der Waals surface area contributed by atoms with E-state index in [1.54, 1.807) is 11.9 Å². The van der Waals surface area contributed by atoms with Crippen molar-refractivity contribution in [3.63, 3.8) is 0 Å². The lowest BCUT2D eigenvalue weighted by molar-refractivity contribution is 0.200. The van der Waals surface area contributed by atoms with Gasteiger partial charge in [0.2, 0.25) is 0 Å². The smallest absolute Gasteiger partial charge is 0.317 e. The number of rotatable bonds is 5. The molecule has 8 nitrogen and oxygen atoms in total. The molecule has 2 heterocycles. The van der Waals surface area contributed by atoms with Crippen LogP contribution in [-0.4, -0.2) is 44.6 Å². The molecule has 0 fully saturated rings. The summed E-state index contributed by atoms with van der Waals surface area (Å²) in [6.45, 7) is 4.73. The number of aliphatic hydroxyl groups excluding tert-OH is 1. The van der Waals surface area contributed by atoms with Crippen LogP contribution in [0.4, 0.5) is 4.79 Å². The Hall–Kier alpha value is -2.35. The van der Waals surface area contributed by atoms with Gasteiger partial charge in [-0.1, -0.05) is 5.16 Å². The van der Waals surface area contributed by atoms with E-state index < -0.39 is 0 Å². The molecule has 136 valence electrons. The Morgan fingerprint density at radius 2 is 2.32 bits per heavy atom. The molecular weight excluding hydrogens is 322 g/mol. The van der Waals surface area contributed by atoms with Gasteiger partial charge in [0.25, 0.3) is 0 Å². The molecule has 1 atom stereocenters. The summed E-state index contributed by atoms with van der Waals surface area (Å²) in [6.07, 6.45) is 4.62. The maximum Gasteiger partial charge on any atom is 0.317 e. The molecule has 1 unspecified atom stereocenters. The van der Waals surface area contributed by atoms with Crippen LogP contribution < -0.4 is 5.32 Å². The number of nitrogens with zero attached hydrogens (tertiary/aromatic N) is 4. The van der Waals surface area contributed by atoms with Crippen LogP contribution in [0.25, 0.3) is 0 Å². The van der Waals surface area contributed by atoms with E-state index >= 15 is 0 Å². The average Bonchev–Trinajstić information content (AvgIpc) is 3.14. The van der Waals surface area contributed by atoms with Gasteiger partial charge in [-0.05, 0) is 33.1 Å². The number of fused-ring (bicyclic) bond motifs is 1. The number of aryl methyl sites for hydroxylation is 2. The van der Waals surface area contributed by atoms with Crippen molar-refractivity contribution in [2.24, 2.45) is 0 Å². The van der Waals surface area contributed by atoms with Gasteiger partial charge in [0, 0.05) is 23.9 Å². The lowest BCUT2D eigenvalue weighted by Crippen LogP contribution is -2.40. The summed E-state index contributed by atoms with van der Waals surface area (Å²) in [7, 11) is 1.76. The molecule has 1 aliphatic rings. The molecule has 25 heavy (non-hydrogen) atoms. The molecule has 0 aliphatic heterocycles. The third-order valence-electron chi connectivity index (χ3n) is 4.80. The van der Waals surface area contributed by atoms with Gasteiger partial charge in [0.05, 0.1) is 37.6 Å². The zero-order valence-electron chi connectivity index (χ0n) is 14.9. The Kier molecular flexibility index (Phi) is 5.08. The second-order valence-electron chi connectivity index (χ2n) is 6.55. The fraction of sp³-hybridized carbons (Fsp3) is 0.588. The SMILES string of the molecule is Cc1noc(C)c1CN(C)C(=O)NC1CCCc2c1cnn2CCO. The largest absolute Gasteiger partial charge is 0.394 e. The normalized spacial score (nSPS) is 16.6. The van der Waals surface area contributed by atoms with Crippen molar-refractivity contribution < 1.29 is 14.4 Å². The predicted molar refractivity (Wildman–Crippen MR) is 91.0 cm³/mol. The number of carbonyl (C=O) groups excluding carboxylic acids is 1. The van der Waals surface area contributed by atoms with Crippen molar-refractivity contribution in [2.45, 2.75) is 52.2 Å². The Bertz CT molecular complexity index is 732. The van der Waals surface area contributed by atoms with Crippen molar-refractivity contribution >= 4 is 6.03 Å². The van der Waals surface area contributed by atoms with Gasteiger partial charge >= 0.3 is 6.03 Å². The van der Waals surface area contributed by atoms with E-state index in [1.165, 1.54) is 0 Å². The minimum absolute atomic E-state index is 0.0455. The molecule has 0 bridgehead atoms. The van der Waals surface area contributed by atoms with Crippen molar-refractivity contribution in [1.82, 2.24) is 25.2 Å². The standard InChI is InChI=1S/C17H25N5O3/c1-11-14(12(2)25-20-11)10-21(3)17(24)19-15-5-4-6-16-13(15)9-18-22(16)7-8-23/h9,15,23H,4-8,10H2,1-3H3,(H,19,24). The van der Waals surface area contributed by atoms with Crippen LogP contribution in [0, 0.1) is 13.8 Å². The molecule has 2 aromatic rings. The monoisotopic (exact) mass is 347 g/mol. The third-order valence-corrected chi connectivity index (χ3v) is 4.80. The first-order valence-electron chi connectivity index (χ1n) is 8.60. The van der Waals surface area contributed by atoms with Crippen molar-refractivity contribution in [2.75, 3.05) is 13.7 Å². The summed E-state index contributed by atoms with van der Waals surface area (Å²) >= 11 is 0. The van der Waals surface area contributed by atoms with Gasteiger partial charge in [-0.15, -0.1) is 0 Å². The number of aliphatic hydroxyl groups is 1. The Balaban J connectivity index is 1.68. The molecule has 0 aromatic carbocycles. The average molecular weight is 347 g/mol. The first-order valence-corrected chi connectivity index (χ1v) is 8.60. The molecular formula is C17H25N5O3. The van der Waals surface area contributed by atoms with Crippen LogP contribution in [0.1, 0.15) is 47.2 Å². The van der Waals surface area contributed by atoms with Crippen molar-refractivity contribution in [3.05, 3.63) is 34.5 Å². The van der Waals surface area contributed by atoms with Gasteiger partial charge in [-0.3, -0.25) is 4.68 Å². The molecule has 1 aliphatic carbocycles. The Labute approximate surface area is 146 Å². The van der Waals surface area contributed by atoms with Gasteiger partial charge < -0.3 is 19.8 Å². The summed E-state index contributed by atoms with van der Waals surface area (Å²) < 4.78 is 6.99. The van der Waals surface area contributed by atoms with Crippen molar-refractivity contribution in [3.8, 4) is 0 Å². The third kappa shape index (κ3) is 3.53. The molecule has 2 amide bonds. The quantitative estimate of drug-likeness (QED) is 0.858. The highest BCUT2D eigenvalue weighted by atomic mass is 16.5. The number of carbonyl (C=O) groups is 1. The molecule has 0 spiro atoms. The van der Waals surface area contributed by atoms with Gasteiger partial charge in [-0.25, -0.2) is 4.79 Å². The summed E-state index contributed by atoms with van der Waals surface area (Å²) in [5.41, 5.74) is 3.91. The first-order chi connectivity index (χ1) is 12.0. The fourth-order valence-corrected chi connectivity index (χ4v) is 3.35. The van der Waals surface area contributed by atoms with Crippen LogP contribution in [0.2, 0.25) is 0 Å². The fourth-order valence-electron chi connectivity index (χ4n) is 3.35. The van der Waals surface area contributed by atoms with Crippen molar-refractivity contribution in [1.29, 1.82) is 0 Å². The van der Waals surface area contributed by atoms with Crippen LogP contribution in [0.3, 0.4) is 0 Å². The van der Waals surface area contributed by atoms with Crippen LogP contribution in [0.15, 0.2) is 10.7 Å². The van der Waals surface area contributed by atoms with Gasteiger partial charge in [0.1, 0.15) is 5.76 Å². The highest BCUT2D eigenvalue weighted by Gasteiger charge is 2.26. The maximum atomic E-state index is 12.6. The Morgan fingerprint density at radius 3 is 3.00 bits per heavy atom. The number of aromatic nitrogens is 3. The van der Waals surface area contributed by atoms with Crippen LogP contribution in [-0.2, 0) is 19.5 Å². The van der Waals surface area contributed by atoms with E-state index in [-0.39, 0.29) is 18.7 Å². The minimum atomic E-state index is -0.132. The number of urea groups is 1. The molecule has 2 N–H and O–H groups in total. The van der Waals surface area contributed by atoms with Crippen LogP contribution in [0.5, 0.6) is 0 Å². The molecule has 8 heteroatoms. The van der Waals surface area contributed by atoms with E-state index in [4.69, 9.17) is 9.63 Å².